The predicted molar refractivity (Wildman–Crippen MR) is 88.0 cm³/mol. The summed E-state index contributed by atoms with van der Waals surface area (Å²) in [6.07, 6.45) is 0.984. The van der Waals surface area contributed by atoms with Gasteiger partial charge in [0.1, 0.15) is 0 Å². The lowest BCUT2D eigenvalue weighted by Crippen LogP contribution is -2.32. The van der Waals surface area contributed by atoms with Crippen LogP contribution in [0.15, 0.2) is 18.2 Å². The van der Waals surface area contributed by atoms with Crippen LogP contribution in [0.5, 0.6) is 0 Å². The molecule has 0 amide bonds. The number of hydrogen-bond acceptors (Lipinski definition) is 4. The molecule has 0 aromatic heterocycles. The first-order valence-corrected chi connectivity index (χ1v) is 7.89. The van der Waals surface area contributed by atoms with Crippen molar-refractivity contribution in [2.75, 3.05) is 46.4 Å². The Balaban J connectivity index is 2.32. The number of halogens is 2. The molecule has 6 heteroatoms. The van der Waals surface area contributed by atoms with E-state index in [1.807, 2.05) is 18.2 Å². The van der Waals surface area contributed by atoms with E-state index in [-0.39, 0.29) is 13.2 Å². The molecule has 1 aromatic carbocycles. The van der Waals surface area contributed by atoms with Crippen LogP contribution < -0.4 is 0 Å². The van der Waals surface area contributed by atoms with Gasteiger partial charge >= 0.3 is 0 Å². The number of benzene rings is 1. The van der Waals surface area contributed by atoms with Gasteiger partial charge in [-0.25, -0.2) is 0 Å². The minimum atomic E-state index is 0.124. The summed E-state index contributed by atoms with van der Waals surface area (Å²) < 4.78 is 0. The van der Waals surface area contributed by atoms with Gasteiger partial charge in [-0.3, -0.25) is 4.90 Å². The molecule has 1 aromatic rings. The van der Waals surface area contributed by atoms with Crippen molar-refractivity contribution in [1.82, 2.24) is 9.80 Å². The van der Waals surface area contributed by atoms with Crippen LogP contribution in [0.25, 0.3) is 0 Å². The van der Waals surface area contributed by atoms with Crippen molar-refractivity contribution in [3.8, 4) is 0 Å². The molecule has 0 spiro atoms. The standard InChI is InChI=1S/C15H24Cl2N2O2/c1-18(5-2-6-19(7-9-20)8-10-21)12-13-3-4-14(16)15(17)11-13/h3-4,11,20-21H,2,5-10,12H2,1H3. The summed E-state index contributed by atoms with van der Waals surface area (Å²) in [5.74, 6) is 0. The van der Waals surface area contributed by atoms with E-state index in [0.717, 1.165) is 31.6 Å². The third-order valence-corrected chi connectivity index (χ3v) is 4.02. The van der Waals surface area contributed by atoms with Crippen molar-refractivity contribution in [3.05, 3.63) is 33.8 Å². The highest BCUT2D eigenvalue weighted by molar-refractivity contribution is 6.42. The molecule has 4 nitrogen and oxygen atoms in total. The van der Waals surface area contributed by atoms with E-state index < -0.39 is 0 Å². The van der Waals surface area contributed by atoms with Crippen molar-refractivity contribution in [2.24, 2.45) is 0 Å². The van der Waals surface area contributed by atoms with E-state index in [1.54, 1.807) is 0 Å². The van der Waals surface area contributed by atoms with Gasteiger partial charge in [0.25, 0.3) is 0 Å². The van der Waals surface area contributed by atoms with Crippen LogP contribution in [0.1, 0.15) is 12.0 Å². The molecule has 120 valence electrons. The molecular formula is C15H24Cl2N2O2. The number of hydrogen-bond donors (Lipinski definition) is 2. The smallest absolute Gasteiger partial charge is 0.0595 e. The Hall–Kier alpha value is -0.360. The molecule has 0 unspecified atom stereocenters. The highest BCUT2D eigenvalue weighted by atomic mass is 35.5. The maximum absolute atomic E-state index is 8.96. The molecule has 0 heterocycles. The Bertz CT molecular complexity index is 413. The third-order valence-electron chi connectivity index (χ3n) is 3.28. The largest absolute Gasteiger partial charge is 0.395 e. The molecule has 0 saturated carbocycles. The van der Waals surface area contributed by atoms with Gasteiger partial charge < -0.3 is 15.1 Å². The molecule has 21 heavy (non-hydrogen) atoms. The first-order chi connectivity index (χ1) is 10.1. The molecule has 0 atom stereocenters. The van der Waals surface area contributed by atoms with Gasteiger partial charge in [-0.2, -0.15) is 0 Å². The van der Waals surface area contributed by atoms with E-state index in [1.165, 1.54) is 0 Å². The molecule has 0 radical (unpaired) electrons. The maximum atomic E-state index is 8.96. The molecular weight excluding hydrogens is 311 g/mol. The Morgan fingerprint density at radius 1 is 0.952 bits per heavy atom. The summed E-state index contributed by atoms with van der Waals surface area (Å²) in [5.41, 5.74) is 1.13. The van der Waals surface area contributed by atoms with Gasteiger partial charge in [0, 0.05) is 19.6 Å². The quantitative estimate of drug-likeness (QED) is 0.687. The number of aliphatic hydroxyl groups is 2. The van der Waals surface area contributed by atoms with Crippen LogP contribution in [0, 0.1) is 0 Å². The summed E-state index contributed by atoms with van der Waals surface area (Å²) in [7, 11) is 2.06. The van der Waals surface area contributed by atoms with Gasteiger partial charge in [0.05, 0.1) is 23.3 Å². The fraction of sp³-hybridized carbons (Fsp3) is 0.600. The molecule has 0 fully saturated rings. The zero-order valence-electron chi connectivity index (χ0n) is 12.4. The van der Waals surface area contributed by atoms with Crippen LogP contribution in [0.4, 0.5) is 0 Å². The van der Waals surface area contributed by atoms with E-state index in [4.69, 9.17) is 33.4 Å². The lowest BCUT2D eigenvalue weighted by atomic mass is 10.2. The third kappa shape index (κ3) is 7.45. The first-order valence-electron chi connectivity index (χ1n) is 7.13. The normalized spacial score (nSPS) is 11.6. The van der Waals surface area contributed by atoms with Crippen LogP contribution >= 0.6 is 23.2 Å². The number of aliphatic hydroxyl groups excluding tert-OH is 2. The second-order valence-corrected chi connectivity index (χ2v) is 5.94. The summed E-state index contributed by atoms with van der Waals surface area (Å²) in [4.78, 5) is 4.28. The number of rotatable bonds is 10. The van der Waals surface area contributed by atoms with Gasteiger partial charge in [0.15, 0.2) is 0 Å². The van der Waals surface area contributed by atoms with Gasteiger partial charge in [-0.05, 0) is 44.3 Å². The molecule has 2 N–H and O–H groups in total. The van der Waals surface area contributed by atoms with E-state index in [9.17, 15) is 0 Å². The second kappa shape index (κ2) is 10.4. The van der Waals surface area contributed by atoms with Crippen molar-refractivity contribution in [1.29, 1.82) is 0 Å². The van der Waals surface area contributed by atoms with Crippen LogP contribution in [-0.4, -0.2) is 66.5 Å². The molecule has 0 bridgehead atoms. The summed E-state index contributed by atoms with van der Waals surface area (Å²) in [5, 5.41) is 19.1. The Labute approximate surface area is 136 Å². The van der Waals surface area contributed by atoms with E-state index in [0.29, 0.717) is 23.1 Å². The minimum Gasteiger partial charge on any atom is -0.395 e. The SMILES string of the molecule is CN(CCCN(CCO)CCO)Cc1ccc(Cl)c(Cl)c1. The average molecular weight is 335 g/mol. The summed E-state index contributed by atoms with van der Waals surface area (Å²) >= 11 is 11.9. The fourth-order valence-corrected chi connectivity index (χ4v) is 2.53. The van der Waals surface area contributed by atoms with Crippen LogP contribution in [0.3, 0.4) is 0 Å². The lowest BCUT2D eigenvalue weighted by molar-refractivity contribution is 0.155. The second-order valence-electron chi connectivity index (χ2n) is 5.13. The monoisotopic (exact) mass is 334 g/mol. The maximum Gasteiger partial charge on any atom is 0.0595 e. The zero-order chi connectivity index (χ0) is 15.7. The van der Waals surface area contributed by atoms with Gasteiger partial charge in [-0.1, -0.05) is 29.3 Å². The van der Waals surface area contributed by atoms with Crippen LogP contribution in [-0.2, 0) is 6.54 Å². The average Bonchev–Trinajstić information content (AvgIpc) is 2.43. The lowest BCUT2D eigenvalue weighted by Gasteiger charge is -2.22. The Morgan fingerprint density at radius 2 is 1.62 bits per heavy atom. The Kier molecular flexibility index (Phi) is 9.24. The fourth-order valence-electron chi connectivity index (χ4n) is 2.21. The molecule has 0 saturated heterocycles. The zero-order valence-corrected chi connectivity index (χ0v) is 13.9. The minimum absolute atomic E-state index is 0.124. The first kappa shape index (κ1) is 18.7. The summed E-state index contributed by atoms with van der Waals surface area (Å²) in [6, 6.07) is 5.69. The van der Waals surface area contributed by atoms with Crippen molar-refractivity contribution in [3.63, 3.8) is 0 Å². The molecule has 1 rings (SSSR count). The van der Waals surface area contributed by atoms with E-state index in [2.05, 4.69) is 16.8 Å². The van der Waals surface area contributed by atoms with Crippen molar-refractivity contribution < 1.29 is 10.2 Å². The molecule has 0 aliphatic rings. The van der Waals surface area contributed by atoms with Gasteiger partial charge in [-0.15, -0.1) is 0 Å². The highest BCUT2D eigenvalue weighted by Gasteiger charge is 2.06. The van der Waals surface area contributed by atoms with E-state index >= 15 is 0 Å². The van der Waals surface area contributed by atoms with Crippen molar-refractivity contribution in [2.45, 2.75) is 13.0 Å². The van der Waals surface area contributed by atoms with Gasteiger partial charge in [0.2, 0.25) is 0 Å². The topological polar surface area (TPSA) is 46.9 Å². The Morgan fingerprint density at radius 3 is 2.19 bits per heavy atom. The predicted octanol–water partition coefficient (Wildman–Crippen LogP) is 2.10. The van der Waals surface area contributed by atoms with Crippen LogP contribution in [0.2, 0.25) is 10.0 Å². The molecule has 0 aliphatic carbocycles. The summed E-state index contributed by atoms with van der Waals surface area (Å²) in [6.45, 7) is 4.09. The highest BCUT2D eigenvalue weighted by Crippen LogP contribution is 2.23. The number of nitrogens with zero attached hydrogens (tertiary/aromatic N) is 2. The molecule has 0 aliphatic heterocycles. The van der Waals surface area contributed by atoms with Crippen molar-refractivity contribution >= 4 is 23.2 Å².